The topological polar surface area (TPSA) is 44.2 Å². The molecule has 0 spiro atoms. The Morgan fingerprint density at radius 3 is 2.72 bits per heavy atom. The molecule has 1 aliphatic heterocycles. The molecule has 0 saturated carbocycles. The minimum absolute atomic E-state index is 0.117. The summed E-state index contributed by atoms with van der Waals surface area (Å²) in [7, 11) is 0. The smallest absolute Gasteiger partial charge is 0.162 e. The van der Waals surface area contributed by atoms with E-state index in [9.17, 15) is 0 Å². The first-order valence-corrected chi connectivity index (χ1v) is 6.87. The van der Waals surface area contributed by atoms with Gasteiger partial charge in [0.05, 0.1) is 5.38 Å². The standard InChI is InChI=1S/C12H11ClN2O2S/c1-7(13)11-14-15-12(18-11)8-2-3-9-10(6-8)17-5-4-16-9/h2-3,6-7H,4-5H2,1H3. The van der Waals surface area contributed by atoms with E-state index >= 15 is 0 Å². The number of hydrogen-bond acceptors (Lipinski definition) is 5. The quantitative estimate of drug-likeness (QED) is 0.793. The Morgan fingerprint density at radius 1 is 1.22 bits per heavy atom. The molecule has 2 aromatic rings. The van der Waals surface area contributed by atoms with Crippen LogP contribution in [0.4, 0.5) is 0 Å². The van der Waals surface area contributed by atoms with Crippen LogP contribution in [0.15, 0.2) is 18.2 Å². The highest BCUT2D eigenvalue weighted by Crippen LogP contribution is 2.36. The Balaban J connectivity index is 1.95. The van der Waals surface area contributed by atoms with E-state index < -0.39 is 0 Å². The van der Waals surface area contributed by atoms with Crippen LogP contribution in [0.3, 0.4) is 0 Å². The molecule has 0 N–H and O–H groups in total. The summed E-state index contributed by atoms with van der Waals surface area (Å²) in [6.45, 7) is 3.06. The average Bonchev–Trinajstić information content (AvgIpc) is 2.88. The van der Waals surface area contributed by atoms with Gasteiger partial charge in [0.1, 0.15) is 23.2 Å². The summed E-state index contributed by atoms with van der Waals surface area (Å²) < 4.78 is 11.0. The molecule has 0 aliphatic carbocycles. The maximum absolute atomic E-state index is 5.98. The van der Waals surface area contributed by atoms with Crippen molar-refractivity contribution < 1.29 is 9.47 Å². The van der Waals surface area contributed by atoms with Gasteiger partial charge in [-0.25, -0.2) is 0 Å². The molecule has 1 unspecified atom stereocenters. The van der Waals surface area contributed by atoms with Crippen LogP contribution in [-0.4, -0.2) is 23.4 Å². The number of ether oxygens (including phenoxy) is 2. The van der Waals surface area contributed by atoms with Crippen molar-refractivity contribution in [1.82, 2.24) is 10.2 Å². The molecule has 0 amide bonds. The second kappa shape index (κ2) is 4.74. The van der Waals surface area contributed by atoms with Crippen LogP contribution < -0.4 is 9.47 Å². The highest BCUT2D eigenvalue weighted by molar-refractivity contribution is 7.15. The van der Waals surface area contributed by atoms with E-state index in [2.05, 4.69) is 10.2 Å². The summed E-state index contributed by atoms with van der Waals surface area (Å²) >= 11 is 7.48. The van der Waals surface area contributed by atoms with Crippen molar-refractivity contribution in [2.24, 2.45) is 0 Å². The number of rotatable bonds is 2. The zero-order valence-corrected chi connectivity index (χ0v) is 11.3. The average molecular weight is 283 g/mol. The lowest BCUT2D eigenvalue weighted by molar-refractivity contribution is 0.171. The lowest BCUT2D eigenvalue weighted by atomic mass is 10.2. The fraction of sp³-hybridized carbons (Fsp3) is 0.333. The van der Waals surface area contributed by atoms with Gasteiger partial charge < -0.3 is 9.47 Å². The highest BCUT2D eigenvalue weighted by Gasteiger charge is 2.15. The Kier molecular flexibility index (Phi) is 3.09. The third-order valence-corrected chi connectivity index (χ3v) is 4.06. The maximum atomic E-state index is 5.98. The van der Waals surface area contributed by atoms with E-state index in [0.29, 0.717) is 13.2 Å². The second-order valence-electron chi connectivity index (χ2n) is 3.92. The van der Waals surface area contributed by atoms with Crippen LogP contribution in [0.25, 0.3) is 10.6 Å². The summed E-state index contributed by atoms with van der Waals surface area (Å²) in [6.07, 6.45) is 0. The van der Waals surface area contributed by atoms with E-state index in [1.165, 1.54) is 11.3 Å². The molecule has 2 heterocycles. The Labute approximate surface area is 114 Å². The van der Waals surface area contributed by atoms with Crippen molar-refractivity contribution in [3.05, 3.63) is 23.2 Å². The van der Waals surface area contributed by atoms with Gasteiger partial charge in [-0.2, -0.15) is 0 Å². The van der Waals surface area contributed by atoms with E-state index in [-0.39, 0.29) is 5.38 Å². The number of fused-ring (bicyclic) bond motifs is 1. The minimum Gasteiger partial charge on any atom is -0.486 e. The number of benzene rings is 1. The molecule has 94 valence electrons. The summed E-state index contributed by atoms with van der Waals surface area (Å²) in [5, 5.41) is 9.76. The van der Waals surface area contributed by atoms with Gasteiger partial charge >= 0.3 is 0 Å². The number of halogens is 1. The van der Waals surface area contributed by atoms with Crippen LogP contribution >= 0.6 is 22.9 Å². The number of alkyl halides is 1. The van der Waals surface area contributed by atoms with Gasteiger partial charge in [-0.05, 0) is 25.1 Å². The summed E-state index contributed by atoms with van der Waals surface area (Å²) in [5.41, 5.74) is 0.973. The molecular weight excluding hydrogens is 272 g/mol. The van der Waals surface area contributed by atoms with Gasteiger partial charge in [0.2, 0.25) is 0 Å². The van der Waals surface area contributed by atoms with Crippen LogP contribution in [0, 0.1) is 0 Å². The van der Waals surface area contributed by atoms with Crippen molar-refractivity contribution in [3.63, 3.8) is 0 Å². The molecule has 0 bridgehead atoms. The zero-order chi connectivity index (χ0) is 12.5. The molecule has 1 aromatic heterocycles. The Morgan fingerprint density at radius 2 is 2.00 bits per heavy atom. The van der Waals surface area contributed by atoms with Crippen LogP contribution in [0.2, 0.25) is 0 Å². The van der Waals surface area contributed by atoms with Gasteiger partial charge in [0, 0.05) is 5.56 Å². The van der Waals surface area contributed by atoms with Crippen molar-refractivity contribution in [2.75, 3.05) is 13.2 Å². The highest BCUT2D eigenvalue weighted by atomic mass is 35.5. The van der Waals surface area contributed by atoms with E-state index in [0.717, 1.165) is 27.1 Å². The number of nitrogens with zero attached hydrogens (tertiary/aromatic N) is 2. The SMILES string of the molecule is CC(Cl)c1nnc(-c2ccc3c(c2)OCCO3)s1. The van der Waals surface area contributed by atoms with E-state index in [1.54, 1.807) is 0 Å². The molecule has 1 atom stereocenters. The number of aromatic nitrogens is 2. The molecule has 0 radical (unpaired) electrons. The predicted molar refractivity (Wildman–Crippen MR) is 70.6 cm³/mol. The van der Waals surface area contributed by atoms with Gasteiger partial charge in [-0.3, -0.25) is 0 Å². The molecule has 3 rings (SSSR count). The molecule has 0 fully saturated rings. The lowest BCUT2D eigenvalue weighted by Crippen LogP contribution is -2.15. The first-order chi connectivity index (χ1) is 8.74. The van der Waals surface area contributed by atoms with Crippen molar-refractivity contribution in [3.8, 4) is 22.1 Å². The van der Waals surface area contributed by atoms with Crippen molar-refractivity contribution >= 4 is 22.9 Å². The molecule has 4 nitrogen and oxygen atoms in total. The van der Waals surface area contributed by atoms with Gasteiger partial charge in [-0.15, -0.1) is 21.8 Å². The van der Waals surface area contributed by atoms with Crippen LogP contribution in [0.5, 0.6) is 11.5 Å². The lowest BCUT2D eigenvalue weighted by Gasteiger charge is -2.18. The molecule has 6 heteroatoms. The predicted octanol–water partition coefficient (Wildman–Crippen LogP) is 3.28. The summed E-state index contributed by atoms with van der Waals surface area (Å²) in [5.74, 6) is 1.54. The van der Waals surface area contributed by atoms with Crippen molar-refractivity contribution in [1.29, 1.82) is 0 Å². The fourth-order valence-electron chi connectivity index (χ4n) is 1.69. The van der Waals surface area contributed by atoms with Gasteiger partial charge in [-0.1, -0.05) is 11.3 Å². The first-order valence-electron chi connectivity index (χ1n) is 5.61. The maximum Gasteiger partial charge on any atom is 0.162 e. The number of hydrogen-bond donors (Lipinski definition) is 0. The summed E-state index contributed by atoms with van der Waals surface area (Å²) in [4.78, 5) is 0. The first kappa shape index (κ1) is 11.7. The molecule has 18 heavy (non-hydrogen) atoms. The van der Waals surface area contributed by atoms with Crippen LogP contribution in [0.1, 0.15) is 17.3 Å². The normalized spacial score (nSPS) is 15.4. The monoisotopic (exact) mass is 282 g/mol. The Hall–Kier alpha value is -1.33. The molecular formula is C12H11ClN2O2S. The molecule has 1 aliphatic rings. The third kappa shape index (κ3) is 2.15. The largest absolute Gasteiger partial charge is 0.486 e. The zero-order valence-electron chi connectivity index (χ0n) is 9.72. The van der Waals surface area contributed by atoms with Gasteiger partial charge in [0.25, 0.3) is 0 Å². The van der Waals surface area contributed by atoms with E-state index in [4.69, 9.17) is 21.1 Å². The molecule has 1 aromatic carbocycles. The second-order valence-corrected chi connectivity index (χ2v) is 5.58. The van der Waals surface area contributed by atoms with E-state index in [1.807, 2.05) is 25.1 Å². The van der Waals surface area contributed by atoms with Crippen molar-refractivity contribution in [2.45, 2.75) is 12.3 Å². The Bertz CT molecular complexity index is 571. The van der Waals surface area contributed by atoms with Crippen LogP contribution in [-0.2, 0) is 0 Å². The van der Waals surface area contributed by atoms with Gasteiger partial charge in [0.15, 0.2) is 11.5 Å². The third-order valence-electron chi connectivity index (χ3n) is 2.57. The summed E-state index contributed by atoms with van der Waals surface area (Å²) in [6, 6.07) is 5.78. The fourth-order valence-corrected chi connectivity index (χ4v) is 2.63. The minimum atomic E-state index is -0.117. The molecule has 0 saturated heterocycles.